The molecule has 0 fully saturated rings. The lowest BCUT2D eigenvalue weighted by Gasteiger charge is -2.06. The first kappa shape index (κ1) is 20.5. The van der Waals surface area contributed by atoms with Crippen LogP contribution in [0.15, 0.2) is 96.2 Å². The van der Waals surface area contributed by atoms with Crippen LogP contribution < -0.4 is 5.43 Å². The molecule has 1 aromatic heterocycles. The average Bonchev–Trinajstić information content (AvgIpc) is 3.17. The van der Waals surface area contributed by atoms with Gasteiger partial charge in [0, 0.05) is 28.2 Å². The Labute approximate surface area is 189 Å². The summed E-state index contributed by atoms with van der Waals surface area (Å²) in [6.45, 7) is 0.373. The highest BCUT2D eigenvalue weighted by Crippen LogP contribution is 2.25. The molecule has 0 saturated heterocycles. The van der Waals surface area contributed by atoms with Gasteiger partial charge < -0.3 is 9.67 Å². The molecule has 1 heterocycles. The minimum Gasteiger partial charge on any atom is -0.507 e. The highest BCUT2D eigenvalue weighted by molar-refractivity contribution is 6.03. The zero-order valence-electron chi connectivity index (χ0n) is 17.6. The number of rotatable bonds is 5. The molecule has 0 aliphatic heterocycles. The molecule has 5 aromatic rings. The minimum absolute atomic E-state index is 0.108. The van der Waals surface area contributed by atoms with Crippen molar-refractivity contribution >= 4 is 33.8 Å². The third-order valence-electron chi connectivity index (χ3n) is 5.60. The predicted octanol–water partition coefficient (Wildman–Crippen LogP) is 5.45. The van der Waals surface area contributed by atoms with Crippen LogP contribution in [0.1, 0.15) is 21.5 Å². The summed E-state index contributed by atoms with van der Waals surface area (Å²) < 4.78 is 16.1. The molecule has 0 aliphatic carbocycles. The summed E-state index contributed by atoms with van der Waals surface area (Å²) in [6.07, 6.45) is 3.43. The second kappa shape index (κ2) is 8.59. The van der Waals surface area contributed by atoms with Gasteiger partial charge in [0.05, 0.1) is 18.3 Å². The summed E-state index contributed by atoms with van der Waals surface area (Å²) in [5.41, 5.74) is 4.93. The number of benzene rings is 4. The Balaban J connectivity index is 1.40. The first-order chi connectivity index (χ1) is 16.1. The maximum absolute atomic E-state index is 14.2. The van der Waals surface area contributed by atoms with Gasteiger partial charge in [0.1, 0.15) is 11.6 Å². The molecule has 1 amide bonds. The fraction of sp³-hybridized carbons (Fsp3) is 0.0370. The van der Waals surface area contributed by atoms with E-state index < -0.39 is 5.91 Å². The van der Waals surface area contributed by atoms with Gasteiger partial charge in [0.25, 0.3) is 5.91 Å². The summed E-state index contributed by atoms with van der Waals surface area (Å²) in [4.78, 5) is 12.6. The van der Waals surface area contributed by atoms with Crippen molar-refractivity contribution in [2.75, 3.05) is 0 Å². The Bertz CT molecular complexity index is 1520. The Hall–Kier alpha value is -4.45. The monoisotopic (exact) mass is 437 g/mol. The zero-order chi connectivity index (χ0) is 22.8. The SMILES string of the molecule is O=C(NN=Cc1cn(Cc2ccccc2F)c2ccccc12)c1cc2ccccc2cc1O. The molecular weight excluding hydrogens is 417 g/mol. The number of phenolic OH excluding ortho intramolecular Hbond substituents is 1. The average molecular weight is 437 g/mol. The van der Waals surface area contributed by atoms with Gasteiger partial charge in [-0.05, 0) is 35.0 Å². The van der Waals surface area contributed by atoms with Gasteiger partial charge in [-0.15, -0.1) is 0 Å². The Kier molecular flexibility index (Phi) is 5.32. The smallest absolute Gasteiger partial charge is 0.275 e. The fourth-order valence-electron chi connectivity index (χ4n) is 3.95. The topological polar surface area (TPSA) is 66.6 Å². The molecule has 4 aromatic carbocycles. The molecule has 0 saturated carbocycles. The Morgan fingerprint density at radius 2 is 1.67 bits per heavy atom. The molecule has 0 atom stereocenters. The van der Waals surface area contributed by atoms with Crippen LogP contribution in [0.4, 0.5) is 4.39 Å². The molecule has 33 heavy (non-hydrogen) atoms. The normalized spacial score (nSPS) is 11.4. The van der Waals surface area contributed by atoms with Gasteiger partial charge in [0.15, 0.2) is 0 Å². The molecule has 0 spiro atoms. The number of hydrogen-bond donors (Lipinski definition) is 2. The van der Waals surface area contributed by atoms with Crippen LogP contribution in [0, 0.1) is 5.82 Å². The summed E-state index contributed by atoms with van der Waals surface area (Å²) in [5, 5.41) is 17.0. The van der Waals surface area contributed by atoms with E-state index in [-0.39, 0.29) is 17.1 Å². The van der Waals surface area contributed by atoms with Crippen LogP contribution in [0.25, 0.3) is 21.7 Å². The number of carbonyl (C=O) groups excluding carboxylic acids is 1. The second-order valence-electron chi connectivity index (χ2n) is 7.74. The van der Waals surface area contributed by atoms with E-state index in [9.17, 15) is 14.3 Å². The van der Waals surface area contributed by atoms with Gasteiger partial charge in [-0.25, -0.2) is 9.82 Å². The lowest BCUT2D eigenvalue weighted by atomic mass is 10.1. The maximum Gasteiger partial charge on any atom is 0.275 e. The van der Waals surface area contributed by atoms with Gasteiger partial charge >= 0.3 is 0 Å². The van der Waals surface area contributed by atoms with Crippen molar-refractivity contribution < 1.29 is 14.3 Å². The number of aromatic hydroxyl groups is 1. The van der Waals surface area contributed by atoms with Crippen molar-refractivity contribution in [3.8, 4) is 5.75 Å². The summed E-state index contributed by atoms with van der Waals surface area (Å²) in [5.74, 6) is -0.875. The molecule has 0 aliphatic rings. The van der Waals surface area contributed by atoms with E-state index in [4.69, 9.17) is 0 Å². The van der Waals surface area contributed by atoms with E-state index in [1.807, 2.05) is 65.4 Å². The number of nitrogens with one attached hydrogen (secondary N) is 1. The quantitative estimate of drug-likeness (QED) is 0.284. The number of carbonyl (C=O) groups is 1. The Morgan fingerprint density at radius 1 is 0.970 bits per heavy atom. The number of nitrogens with zero attached hydrogens (tertiary/aromatic N) is 2. The van der Waals surface area contributed by atoms with Crippen LogP contribution in [0.3, 0.4) is 0 Å². The van der Waals surface area contributed by atoms with Crippen molar-refractivity contribution in [2.45, 2.75) is 6.54 Å². The standard InChI is InChI=1S/C27H20FN3O2/c28-24-11-5-3-9-20(24)16-31-17-21(22-10-4-6-12-25(22)31)15-29-30-27(33)23-13-18-7-1-2-8-19(18)14-26(23)32/h1-15,17,32H,16H2,(H,30,33). The molecule has 2 N–H and O–H groups in total. The van der Waals surface area contributed by atoms with Crippen molar-refractivity contribution in [2.24, 2.45) is 5.10 Å². The van der Waals surface area contributed by atoms with Crippen LogP contribution in [-0.2, 0) is 6.54 Å². The first-order valence-corrected chi connectivity index (χ1v) is 10.5. The molecule has 162 valence electrons. The number of amides is 1. The summed E-state index contributed by atoms with van der Waals surface area (Å²) in [7, 11) is 0. The van der Waals surface area contributed by atoms with Crippen molar-refractivity contribution in [1.82, 2.24) is 9.99 Å². The second-order valence-corrected chi connectivity index (χ2v) is 7.74. The van der Waals surface area contributed by atoms with Gasteiger partial charge in [-0.3, -0.25) is 4.79 Å². The van der Waals surface area contributed by atoms with Crippen molar-refractivity contribution in [3.05, 3.63) is 114 Å². The van der Waals surface area contributed by atoms with Crippen LogP contribution in [-0.4, -0.2) is 21.8 Å². The van der Waals surface area contributed by atoms with Crippen molar-refractivity contribution in [3.63, 3.8) is 0 Å². The summed E-state index contributed by atoms with van der Waals surface area (Å²) >= 11 is 0. The van der Waals surface area contributed by atoms with E-state index in [1.54, 1.807) is 30.5 Å². The highest BCUT2D eigenvalue weighted by atomic mass is 19.1. The fourth-order valence-corrected chi connectivity index (χ4v) is 3.95. The van der Waals surface area contributed by atoms with E-state index in [0.29, 0.717) is 12.1 Å². The van der Waals surface area contributed by atoms with Gasteiger partial charge in [-0.2, -0.15) is 5.10 Å². The zero-order valence-corrected chi connectivity index (χ0v) is 17.6. The van der Waals surface area contributed by atoms with Crippen LogP contribution in [0.5, 0.6) is 5.75 Å². The predicted molar refractivity (Wildman–Crippen MR) is 128 cm³/mol. The number of hydrazone groups is 1. The van der Waals surface area contributed by atoms with E-state index in [2.05, 4.69) is 10.5 Å². The minimum atomic E-state index is -0.510. The molecule has 5 rings (SSSR count). The number of para-hydroxylation sites is 1. The summed E-state index contributed by atoms with van der Waals surface area (Å²) in [6, 6.07) is 25.1. The first-order valence-electron chi connectivity index (χ1n) is 10.5. The third kappa shape index (κ3) is 4.06. The molecule has 6 heteroatoms. The van der Waals surface area contributed by atoms with Gasteiger partial charge in [0.2, 0.25) is 0 Å². The van der Waals surface area contributed by atoms with E-state index in [1.165, 1.54) is 6.07 Å². The number of halogens is 1. The molecule has 0 bridgehead atoms. The van der Waals surface area contributed by atoms with Crippen molar-refractivity contribution in [1.29, 1.82) is 0 Å². The molecule has 0 radical (unpaired) electrons. The lowest BCUT2D eigenvalue weighted by molar-refractivity contribution is 0.0952. The number of phenols is 1. The van der Waals surface area contributed by atoms with Crippen LogP contribution in [0.2, 0.25) is 0 Å². The van der Waals surface area contributed by atoms with Gasteiger partial charge in [-0.1, -0.05) is 60.7 Å². The number of aromatic nitrogens is 1. The highest BCUT2D eigenvalue weighted by Gasteiger charge is 2.13. The third-order valence-corrected chi connectivity index (χ3v) is 5.60. The molecular formula is C27H20FN3O2. The number of fused-ring (bicyclic) bond motifs is 2. The lowest BCUT2D eigenvalue weighted by Crippen LogP contribution is -2.17. The van der Waals surface area contributed by atoms with Crippen LogP contribution >= 0.6 is 0 Å². The molecule has 0 unspecified atom stereocenters. The van der Waals surface area contributed by atoms with E-state index >= 15 is 0 Å². The Morgan fingerprint density at radius 3 is 2.48 bits per heavy atom. The molecule has 5 nitrogen and oxygen atoms in total. The van der Waals surface area contributed by atoms with E-state index in [0.717, 1.165) is 27.2 Å². The largest absolute Gasteiger partial charge is 0.507 e. The number of hydrogen-bond acceptors (Lipinski definition) is 3. The maximum atomic E-state index is 14.2.